The molecule has 24 heteroatoms. The normalized spacial score (nSPS) is 16.2. The number of carbonyl (C=O) groups is 3. The summed E-state index contributed by atoms with van der Waals surface area (Å²) in [4.78, 5) is 41.4. The maximum atomic E-state index is 13.6. The van der Waals surface area contributed by atoms with Crippen LogP contribution in [0.15, 0.2) is 146 Å². The third-order valence-corrected chi connectivity index (χ3v) is 14.8. The molecule has 6 aromatic carbocycles. The van der Waals surface area contributed by atoms with E-state index in [4.69, 9.17) is 49.0 Å². The lowest BCUT2D eigenvalue weighted by molar-refractivity contribution is -0.141. The molecule has 9 rings (SSSR count). The van der Waals surface area contributed by atoms with Crippen molar-refractivity contribution in [3.8, 4) is 0 Å². The topological polar surface area (TPSA) is 125 Å². The van der Waals surface area contributed by atoms with Gasteiger partial charge in [0.2, 0.25) is 0 Å². The molecule has 0 bridgehead atoms. The predicted octanol–water partition coefficient (Wildman–Crippen LogP) is 17.0. The number of ether oxygens (including phenoxy) is 3. The highest BCUT2D eigenvalue weighted by Crippen LogP contribution is 2.43. The first-order chi connectivity index (χ1) is 41.8. The van der Waals surface area contributed by atoms with Crippen LogP contribution in [0.3, 0.4) is 0 Å². The van der Waals surface area contributed by atoms with Crippen molar-refractivity contribution in [2.45, 2.75) is 134 Å². The molecule has 3 saturated heterocycles. The molecule has 486 valence electrons. The minimum atomic E-state index is -4.51. The van der Waals surface area contributed by atoms with Crippen molar-refractivity contribution in [2.24, 2.45) is 0 Å². The summed E-state index contributed by atoms with van der Waals surface area (Å²) < 4.78 is 141. The lowest BCUT2D eigenvalue weighted by Gasteiger charge is -2.42. The molecule has 1 unspecified atom stereocenters. The van der Waals surface area contributed by atoms with Gasteiger partial charge >= 0.3 is 36.6 Å². The highest BCUT2D eigenvalue weighted by atomic mass is 35.5. The van der Waals surface area contributed by atoms with Crippen LogP contribution in [0.5, 0.6) is 0 Å². The Bertz CT molecular complexity index is 3020. The maximum Gasteiger partial charge on any atom is 0.416 e. The SMILES string of the molecule is CC(C)(C)NC(=O)N1CC(OC(c2ccc(Cl)cc2)c2ccccc2C(F)(F)F)C1.CC(C)(C)NC(=O)N1CC(O[C@@H](c2ccc(Cl)cc2)c2ccccc2C(F)(F)F)C1.CC(C)(C)NC(=O)N1CC(O[C@H](c2ccc(Cl)cc2)c2ccccc2C(F)(F)F)C1. The molecule has 12 nitrogen and oxygen atoms in total. The summed E-state index contributed by atoms with van der Waals surface area (Å²) in [5.74, 6) is 0. The van der Waals surface area contributed by atoms with Crippen molar-refractivity contribution in [3.63, 3.8) is 0 Å². The van der Waals surface area contributed by atoms with Crippen LogP contribution in [0.1, 0.15) is 131 Å². The first-order valence-corrected chi connectivity index (χ1v) is 29.9. The number of nitrogens with zero attached hydrogens (tertiary/aromatic N) is 3. The molecule has 3 fully saturated rings. The van der Waals surface area contributed by atoms with Crippen molar-refractivity contribution < 1.29 is 68.1 Å². The number of likely N-dealkylation sites (tertiary alicyclic amines) is 3. The Morgan fingerprint density at radius 1 is 0.367 bits per heavy atom. The van der Waals surface area contributed by atoms with E-state index in [0.29, 0.717) is 71.0 Å². The number of halogens is 12. The second-order valence-electron chi connectivity index (χ2n) is 25.1. The molecule has 0 aliphatic carbocycles. The van der Waals surface area contributed by atoms with Crippen molar-refractivity contribution in [3.05, 3.63) is 211 Å². The van der Waals surface area contributed by atoms with Crippen LogP contribution in [0.2, 0.25) is 15.1 Å². The van der Waals surface area contributed by atoms with Gasteiger partial charge in [-0.2, -0.15) is 39.5 Å². The number of benzene rings is 6. The van der Waals surface area contributed by atoms with E-state index in [1.807, 2.05) is 62.3 Å². The Balaban J connectivity index is 0.000000192. The summed E-state index contributed by atoms with van der Waals surface area (Å²) in [6, 6.07) is 35.1. The van der Waals surface area contributed by atoms with Gasteiger partial charge < -0.3 is 44.9 Å². The Labute approximate surface area is 533 Å². The number of amides is 6. The molecular formula is C66H72Cl3F9N6O6. The van der Waals surface area contributed by atoms with Gasteiger partial charge in [-0.1, -0.05) is 126 Å². The Morgan fingerprint density at radius 2 is 0.567 bits per heavy atom. The van der Waals surface area contributed by atoms with E-state index in [9.17, 15) is 53.9 Å². The van der Waals surface area contributed by atoms with Gasteiger partial charge in [0.25, 0.3) is 0 Å². The monoisotopic (exact) mass is 1320 g/mol. The Kier molecular flexibility index (Phi) is 22.6. The van der Waals surface area contributed by atoms with Gasteiger partial charge in [0.05, 0.1) is 74.3 Å². The highest BCUT2D eigenvalue weighted by molar-refractivity contribution is 6.31. The molecule has 3 aliphatic heterocycles. The van der Waals surface area contributed by atoms with E-state index in [0.717, 1.165) is 18.2 Å². The largest absolute Gasteiger partial charge is 0.416 e. The second kappa shape index (κ2) is 28.8. The van der Waals surface area contributed by atoms with Crippen LogP contribution in [0.4, 0.5) is 53.9 Å². The maximum absolute atomic E-state index is 13.6. The molecule has 6 amide bonds. The third-order valence-electron chi connectivity index (χ3n) is 14.0. The van der Waals surface area contributed by atoms with Gasteiger partial charge in [-0.25, -0.2) is 14.4 Å². The fraction of sp³-hybridized carbons (Fsp3) is 0.409. The van der Waals surface area contributed by atoms with E-state index < -0.39 is 53.5 Å². The molecule has 0 aromatic heterocycles. The smallest absolute Gasteiger partial charge is 0.362 e. The first-order valence-electron chi connectivity index (χ1n) is 28.7. The molecular weight excluding hydrogens is 1250 g/mol. The van der Waals surface area contributed by atoms with Crippen LogP contribution in [-0.2, 0) is 32.7 Å². The number of nitrogens with one attached hydrogen (secondary N) is 3. The molecule has 0 spiro atoms. The lowest BCUT2D eigenvalue weighted by Crippen LogP contribution is -2.60. The number of hydrogen-bond acceptors (Lipinski definition) is 6. The van der Waals surface area contributed by atoms with Crippen LogP contribution >= 0.6 is 34.8 Å². The Morgan fingerprint density at radius 3 is 0.756 bits per heavy atom. The highest BCUT2D eigenvalue weighted by Gasteiger charge is 2.43. The van der Waals surface area contributed by atoms with Crippen LogP contribution in [-0.4, -0.2) is 107 Å². The number of hydrogen-bond donors (Lipinski definition) is 3. The van der Waals surface area contributed by atoms with Gasteiger partial charge in [-0.05, 0) is 150 Å². The predicted molar refractivity (Wildman–Crippen MR) is 328 cm³/mol. The average Bonchev–Trinajstić information content (AvgIpc) is 0.919. The van der Waals surface area contributed by atoms with Gasteiger partial charge in [-0.15, -0.1) is 0 Å². The molecule has 3 aliphatic rings. The molecule has 3 atom stereocenters. The van der Waals surface area contributed by atoms with Gasteiger partial charge in [0.15, 0.2) is 0 Å². The lowest BCUT2D eigenvalue weighted by atomic mass is 9.95. The number of urea groups is 3. The van der Waals surface area contributed by atoms with E-state index in [1.54, 1.807) is 106 Å². The zero-order valence-electron chi connectivity index (χ0n) is 50.9. The molecule has 3 heterocycles. The average molecular weight is 1320 g/mol. The minimum absolute atomic E-state index is 0.0323. The summed E-state index contributed by atoms with van der Waals surface area (Å²) in [5.41, 5.74) is -1.57. The van der Waals surface area contributed by atoms with Gasteiger partial charge in [0, 0.05) is 31.7 Å². The summed E-state index contributed by atoms with van der Waals surface area (Å²) >= 11 is 17.8. The fourth-order valence-electron chi connectivity index (χ4n) is 9.71. The summed E-state index contributed by atoms with van der Waals surface area (Å²) in [6.07, 6.45) is -17.5. The fourth-order valence-corrected chi connectivity index (χ4v) is 10.1. The quantitative estimate of drug-likeness (QED) is 0.105. The Hall–Kier alpha value is -6.75. The standard InChI is InChI=1S/3C22H24ClF3N2O2/c3*1-21(2,3)27-20(29)28-12-16(13-28)30-19(14-8-10-15(23)11-9-14)17-6-4-5-7-18(17)22(24,25)26/h3*4-11,16,19H,12-13H2,1-3H3,(H,27,29)/t2*19-;/m10./s1. The first kappa shape index (κ1) is 70.7. The number of rotatable bonds is 12. The molecule has 0 saturated carbocycles. The van der Waals surface area contributed by atoms with Crippen LogP contribution < -0.4 is 16.0 Å². The van der Waals surface area contributed by atoms with Gasteiger partial charge in [-0.3, -0.25) is 0 Å². The summed E-state index contributed by atoms with van der Waals surface area (Å²) in [6.45, 7) is 18.7. The number of alkyl halides is 9. The van der Waals surface area contributed by atoms with Crippen molar-refractivity contribution in [1.82, 2.24) is 30.7 Å². The van der Waals surface area contributed by atoms with E-state index in [2.05, 4.69) is 16.0 Å². The molecule has 3 N–H and O–H groups in total. The zero-order chi connectivity index (χ0) is 66.3. The van der Waals surface area contributed by atoms with E-state index in [-0.39, 0.29) is 69.7 Å². The van der Waals surface area contributed by atoms with Crippen LogP contribution in [0.25, 0.3) is 0 Å². The number of carbonyl (C=O) groups excluding carboxylic acids is 3. The molecule has 6 aromatic rings. The van der Waals surface area contributed by atoms with Crippen LogP contribution in [0, 0.1) is 0 Å². The minimum Gasteiger partial charge on any atom is -0.362 e. The van der Waals surface area contributed by atoms with E-state index in [1.165, 1.54) is 36.4 Å². The second-order valence-corrected chi connectivity index (χ2v) is 26.4. The van der Waals surface area contributed by atoms with Crippen molar-refractivity contribution in [2.75, 3.05) is 39.3 Å². The van der Waals surface area contributed by atoms with Crippen molar-refractivity contribution >= 4 is 52.9 Å². The van der Waals surface area contributed by atoms with E-state index >= 15 is 0 Å². The summed E-state index contributed by atoms with van der Waals surface area (Å²) in [7, 11) is 0. The zero-order valence-corrected chi connectivity index (χ0v) is 53.2. The third kappa shape index (κ3) is 20.1. The van der Waals surface area contributed by atoms with Crippen molar-refractivity contribution in [1.29, 1.82) is 0 Å². The molecule has 0 radical (unpaired) electrons. The van der Waals surface area contributed by atoms with Gasteiger partial charge in [0.1, 0.15) is 18.3 Å². The molecule has 90 heavy (non-hydrogen) atoms. The summed E-state index contributed by atoms with van der Waals surface area (Å²) in [5, 5.41) is 10.0.